The third kappa shape index (κ3) is 3.09. The molecule has 1 aromatic rings. The zero-order chi connectivity index (χ0) is 13.0. The van der Waals surface area contributed by atoms with Crippen LogP contribution in [0.5, 0.6) is 0 Å². The normalized spacial score (nSPS) is 13.7. The molecule has 2 amide bonds. The summed E-state index contributed by atoms with van der Waals surface area (Å²) in [4.78, 5) is 22.6. The number of rotatable bonds is 4. The first-order chi connectivity index (χ1) is 8.69. The summed E-state index contributed by atoms with van der Waals surface area (Å²) in [5.74, 6) is 0.162. The third-order valence-corrected chi connectivity index (χ3v) is 3.03. The summed E-state index contributed by atoms with van der Waals surface area (Å²) in [6.45, 7) is 2.54. The molecule has 0 atom stereocenters. The Morgan fingerprint density at radius 3 is 3.00 bits per heavy atom. The van der Waals surface area contributed by atoms with E-state index in [1.165, 1.54) is 0 Å². The zero-order valence-electron chi connectivity index (χ0n) is 10.6. The molecule has 0 saturated heterocycles. The van der Waals surface area contributed by atoms with Gasteiger partial charge in [0.05, 0.1) is 0 Å². The number of aryl methyl sites for hydroxylation is 1. The summed E-state index contributed by atoms with van der Waals surface area (Å²) < 4.78 is 0. The molecule has 0 fully saturated rings. The summed E-state index contributed by atoms with van der Waals surface area (Å²) in [5.41, 5.74) is 3.13. The van der Waals surface area contributed by atoms with E-state index in [-0.39, 0.29) is 11.8 Å². The van der Waals surface area contributed by atoms with Crippen molar-refractivity contribution in [2.75, 3.05) is 5.32 Å². The van der Waals surface area contributed by atoms with Gasteiger partial charge in [-0.15, -0.1) is 0 Å². The topological polar surface area (TPSA) is 58.2 Å². The molecule has 0 aliphatic carbocycles. The Kier molecular flexibility index (Phi) is 3.97. The van der Waals surface area contributed by atoms with Crippen molar-refractivity contribution < 1.29 is 9.59 Å². The Labute approximate surface area is 107 Å². The van der Waals surface area contributed by atoms with Crippen LogP contribution < -0.4 is 10.6 Å². The standard InChI is InChI=1S/C14H18N2O2/c1-2-3-13(17)15-9-10-4-6-12-11(8-10)5-7-14(18)16-12/h4,6,8H,2-3,5,7,9H2,1H3,(H,15,17)(H,16,18). The van der Waals surface area contributed by atoms with Crippen molar-refractivity contribution in [3.05, 3.63) is 29.3 Å². The summed E-state index contributed by atoms with van der Waals surface area (Å²) >= 11 is 0. The average molecular weight is 246 g/mol. The molecule has 0 aromatic heterocycles. The predicted molar refractivity (Wildman–Crippen MR) is 70.1 cm³/mol. The Hall–Kier alpha value is -1.84. The molecule has 1 heterocycles. The highest BCUT2D eigenvalue weighted by molar-refractivity contribution is 5.93. The minimum absolute atomic E-state index is 0.0755. The van der Waals surface area contributed by atoms with E-state index >= 15 is 0 Å². The van der Waals surface area contributed by atoms with Gasteiger partial charge in [0.1, 0.15) is 0 Å². The number of nitrogens with one attached hydrogen (secondary N) is 2. The van der Waals surface area contributed by atoms with Gasteiger partial charge in [0.15, 0.2) is 0 Å². The summed E-state index contributed by atoms with van der Waals surface area (Å²) in [7, 11) is 0. The molecule has 0 spiro atoms. The highest BCUT2D eigenvalue weighted by Gasteiger charge is 2.14. The number of fused-ring (bicyclic) bond motifs is 1. The maximum Gasteiger partial charge on any atom is 0.224 e. The second kappa shape index (κ2) is 5.67. The minimum atomic E-state index is 0.0755. The van der Waals surface area contributed by atoms with Gasteiger partial charge < -0.3 is 10.6 Å². The number of amides is 2. The van der Waals surface area contributed by atoms with Crippen LogP contribution in [0.2, 0.25) is 0 Å². The van der Waals surface area contributed by atoms with E-state index in [1.807, 2.05) is 19.1 Å². The maximum absolute atomic E-state index is 11.4. The van der Waals surface area contributed by atoms with Crippen molar-refractivity contribution in [3.8, 4) is 0 Å². The SMILES string of the molecule is CCCC(=O)NCc1ccc2c(c1)CCC(=O)N2. The number of carbonyl (C=O) groups excluding carboxylic acids is 2. The van der Waals surface area contributed by atoms with Gasteiger partial charge in [-0.2, -0.15) is 0 Å². The van der Waals surface area contributed by atoms with Gasteiger partial charge in [-0.3, -0.25) is 9.59 Å². The first-order valence-electron chi connectivity index (χ1n) is 6.37. The predicted octanol–water partition coefficient (Wildman–Crippen LogP) is 1.99. The number of anilines is 1. The fraction of sp³-hybridized carbons (Fsp3) is 0.429. The van der Waals surface area contributed by atoms with Crippen molar-refractivity contribution in [1.29, 1.82) is 0 Å². The van der Waals surface area contributed by atoms with Crippen molar-refractivity contribution in [2.45, 2.75) is 39.2 Å². The molecule has 4 heteroatoms. The number of hydrogen-bond donors (Lipinski definition) is 2. The summed E-state index contributed by atoms with van der Waals surface area (Å²) in [6.07, 6.45) is 2.75. The van der Waals surface area contributed by atoms with E-state index < -0.39 is 0 Å². The molecule has 96 valence electrons. The van der Waals surface area contributed by atoms with Crippen molar-refractivity contribution in [2.24, 2.45) is 0 Å². The zero-order valence-corrected chi connectivity index (χ0v) is 10.6. The van der Waals surface area contributed by atoms with Gasteiger partial charge in [0.25, 0.3) is 0 Å². The molecule has 4 nitrogen and oxygen atoms in total. The Bertz CT molecular complexity index is 469. The van der Waals surface area contributed by atoms with E-state index in [0.717, 1.165) is 29.7 Å². The lowest BCUT2D eigenvalue weighted by Gasteiger charge is -2.17. The highest BCUT2D eigenvalue weighted by Crippen LogP contribution is 2.23. The molecule has 2 rings (SSSR count). The van der Waals surface area contributed by atoms with Gasteiger partial charge in [0, 0.05) is 25.1 Å². The molecule has 18 heavy (non-hydrogen) atoms. The Balaban J connectivity index is 1.99. The second-order valence-electron chi connectivity index (χ2n) is 4.57. The number of benzene rings is 1. The molecule has 0 bridgehead atoms. The van der Waals surface area contributed by atoms with E-state index in [2.05, 4.69) is 16.7 Å². The van der Waals surface area contributed by atoms with E-state index in [1.54, 1.807) is 0 Å². The molecule has 0 saturated carbocycles. The molecule has 1 aliphatic heterocycles. The highest BCUT2D eigenvalue weighted by atomic mass is 16.2. The molecule has 0 radical (unpaired) electrons. The smallest absolute Gasteiger partial charge is 0.224 e. The lowest BCUT2D eigenvalue weighted by Crippen LogP contribution is -2.23. The van der Waals surface area contributed by atoms with Gasteiger partial charge in [-0.1, -0.05) is 19.1 Å². The van der Waals surface area contributed by atoms with Crippen LogP contribution in [0.3, 0.4) is 0 Å². The van der Waals surface area contributed by atoms with Crippen molar-refractivity contribution in [1.82, 2.24) is 5.32 Å². The fourth-order valence-electron chi connectivity index (χ4n) is 2.06. The number of carbonyl (C=O) groups is 2. The second-order valence-corrected chi connectivity index (χ2v) is 4.57. The van der Waals surface area contributed by atoms with E-state index in [4.69, 9.17) is 0 Å². The van der Waals surface area contributed by atoms with Gasteiger partial charge in [-0.25, -0.2) is 0 Å². The van der Waals surface area contributed by atoms with Gasteiger partial charge in [-0.05, 0) is 30.0 Å². The van der Waals surface area contributed by atoms with Crippen molar-refractivity contribution >= 4 is 17.5 Å². The first-order valence-corrected chi connectivity index (χ1v) is 6.37. The monoisotopic (exact) mass is 246 g/mol. The van der Waals surface area contributed by atoms with Crippen molar-refractivity contribution in [3.63, 3.8) is 0 Å². The molecule has 0 unspecified atom stereocenters. The first kappa shape index (κ1) is 12.6. The lowest BCUT2D eigenvalue weighted by molar-refractivity contribution is -0.121. The largest absolute Gasteiger partial charge is 0.352 e. The van der Waals surface area contributed by atoms with Crippen LogP contribution in [0.4, 0.5) is 5.69 Å². The Morgan fingerprint density at radius 1 is 1.39 bits per heavy atom. The summed E-state index contributed by atoms with van der Waals surface area (Å²) in [5, 5.41) is 5.74. The van der Waals surface area contributed by atoms with Crippen LogP contribution in [-0.4, -0.2) is 11.8 Å². The van der Waals surface area contributed by atoms with Crippen LogP contribution in [-0.2, 0) is 22.6 Å². The Morgan fingerprint density at radius 2 is 2.22 bits per heavy atom. The maximum atomic E-state index is 11.4. The molecule has 1 aromatic carbocycles. The fourth-order valence-corrected chi connectivity index (χ4v) is 2.06. The quantitative estimate of drug-likeness (QED) is 0.853. The van der Waals surface area contributed by atoms with Gasteiger partial charge >= 0.3 is 0 Å². The minimum Gasteiger partial charge on any atom is -0.352 e. The van der Waals surface area contributed by atoms with Gasteiger partial charge in [0.2, 0.25) is 11.8 Å². The molecular formula is C14H18N2O2. The lowest BCUT2D eigenvalue weighted by atomic mass is 10.0. The average Bonchev–Trinajstić information content (AvgIpc) is 2.36. The van der Waals surface area contributed by atoms with E-state index in [0.29, 0.717) is 19.4 Å². The van der Waals surface area contributed by atoms with Crippen LogP contribution in [0.1, 0.15) is 37.3 Å². The molecule has 1 aliphatic rings. The van der Waals surface area contributed by atoms with E-state index in [9.17, 15) is 9.59 Å². The third-order valence-electron chi connectivity index (χ3n) is 3.03. The number of hydrogen-bond acceptors (Lipinski definition) is 2. The summed E-state index contributed by atoms with van der Waals surface area (Å²) in [6, 6.07) is 5.91. The van der Waals surface area contributed by atoms with Crippen LogP contribution in [0, 0.1) is 0 Å². The van der Waals surface area contributed by atoms with Crippen LogP contribution in [0.25, 0.3) is 0 Å². The molecule has 2 N–H and O–H groups in total. The van der Waals surface area contributed by atoms with Crippen LogP contribution in [0.15, 0.2) is 18.2 Å². The van der Waals surface area contributed by atoms with Crippen LogP contribution >= 0.6 is 0 Å². The molecular weight excluding hydrogens is 228 g/mol.